The SMILES string of the molecule is CCOC(=O)Cc1ccc(F)c(B(O)OC(C)(C)C(C)(C)O)c1. The molecule has 0 aliphatic rings. The first kappa shape index (κ1) is 19.6. The lowest BCUT2D eigenvalue weighted by molar-refractivity contribution is -0.142. The predicted molar refractivity (Wildman–Crippen MR) is 85.8 cm³/mol. The zero-order chi connectivity index (χ0) is 17.8. The maximum absolute atomic E-state index is 14.0. The third-order valence-electron chi connectivity index (χ3n) is 3.86. The summed E-state index contributed by atoms with van der Waals surface area (Å²) < 4.78 is 24.2. The van der Waals surface area contributed by atoms with Gasteiger partial charge >= 0.3 is 13.1 Å². The number of carbonyl (C=O) groups excluding carboxylic acids is 1. The number of hydrogen-bond acceptors (Lipinski definition) is 5. The van der Waals surface area contributed by atoms with Crippen LogP contribution in [0.3, 0.4) is 0 Å². The van der Waals surface area contributed by atoms with E-state index in [9.17, 15) is 19.3 Å². The number of esters is 1. The Morgan fingerprint density at radius 2 is 1.91 bits per heavy atom. The Balaban J connectivity index is 2.96. The summed E-state index contributed by atoms with van der Waals surface area (Å²) in [7, 11) is -1.57. The highest BCUT2D eigenvalue weighted by molar-refractivity contribution is 6.60. The Morgan fingerprint density at radius 1 is 1.30 bits per heavy atom. The van der Waals surface area contributed by atoms with Gasteiger partial charge in [-0.2, -0.15) is 0 Å². The van der Waals surface area contributed by atoms with Gasteiger partial charge in [-0.15, -0.1) is 0 Å². The number of ether oxygens (including phenoxy) is 1. The van der Waals surface area contributed by atoms with E-state index >= 15 is 0 Å². The highest BCUT2D eigenvalue weighted by Crippen LogP contribution is 2.25. The van der Waals surface area contributed by atoms with Gasteiger partial charge in [-0.25, -0.2) is 4.39 Å². The standard InChI is InChI=1S/C16H24BFO5/c1-6-22-14(19)10-11-7-8-13(18)12(9-11)17(21)23-16(4,5)15(2,3)20/h7-9,20-21H,6,10H2,1-5H3. The molecule has 5 nitrogen and oxygen atoms in total. The van der Waals surface area contributed by atoms with Crippen molar-refractivity contribution in [3.8, 4) is 0 Å². The minimum absolute atomic E-state index is 0.0251. The summed E-state index contributed by atoms with van der Waals surface area (Å²) in [5.74, 6) is -1.09. The van der Waals surface area contributed by atoms with E-state index in [-0.39, 0.29) is 18.5 Å². The molecule has 2 N–H and O–H groups in total. The largest absolute Gasteiger partial charge is 0.494 e. The summed E-state index contributed by atoms with van der Waals surface area (Å²) in [6, 6.07) is 3.97. The Labute approximate surface area is 136 Å². The second-order valence-corrected chi connectivity index (χ2v) is 6.38. The number of carbonyl (C=O) groups is 1. The highest BCUT2D eigenvalue weighted by Gasteiger charge is 2.40. The van der Waals surface area contributed by atoms with Crippen LogP contribution < -0.4 is 5.46 Å². The van der Waals surface area contributed by atoms with E-state index in [0.29, 0.717) is 5.56 Å². The molecule has 0 saturated carbocycles. The predicted octanol–water partition coefficient (Wildman–Crippen LogP) is 1.18. The minimum Gasteiger partial charge on any atom is -0.466 e. The van der Waals surface area contributed by atoms with E-state index in [4.69, 9.17) is 9.39 Å². The number of hydrogen-bond donors (Lipinski definition) is 2. The van der Waals surface area contributed by atoms with Crippen molar-refractivity contribution in [1.29, 1.82) is 0 Å². The van der Waals surface area contributed by atoms with Crippen LogP contribution in [-0.4, -0.2) is 41.0 Å². The lowest BCUT2D eigenvalue weighted by Crippen LogP contribution is -2.53. The fraction of sp³-hybridized carbons (Fsp3) is 0.562. The second-order valence-electron chi connectivity index (χ2n) is 6.38. The molecule has 0 saturated heterocycles. The molecule has 0 atom stereocenters. The number of halogens is 1. The summed E-state index contributed by atoms with van der Waals surface area (Å²) >= 11 is 0. The fourth-order valence-corrected chi connectivity index (χ4v) is 1.76. The van der Waals surface area contributed by atoms with Crippen LogP contribution in [0.15, 0.2) is 18.2 Å². The van der Waals surface area contributed by atoms with Gasteiger partial charge in [0.15, 0.2) is 0 Å². The van der Waals surface area contributed by atoms with Gasteiger partial charge in [0.2, 0.25) is 0 Å². The van der Waals surface area contributed by atoms with Crippen molar-refractivity contribution in [2.45, 2.75) is 52.2 Å². The molecule has 0 aromatic heterocycles. The van der Waals surface area contributed by atoms with E-state index in [0.717, 1.165) is 6.07 Å². The van der Waals surface area contributed by atoms with Crippen molar-refractivity contribution >= 4 is 18.6 Å². The molecule has 0 fully saturated rings. The number of benzene rings is 1. The summed E-state index contributed by atoms with van der Waals surface area (Å²) in [6.07, 6.45) is -0.0251. The van der Waals surface area contributed by atoms with Crippen LogP contribution in [0.1, 0.15) is 40.2 Å². The van der Waals surface area contributed by atoms with Crippen molar-refractivity contribution in [3.05, 3.63) is 29.6 Å². The quantitative estimate of drug-likeness (QED) is 0.581. The van der Waals surface area contributed by atoms with Gasteiger partial charge in [-0.3, -0.25) is 4.79 Å². The molecule has 23 heavy (non-hydrogen) atoms. The molecule has 0 aliphatic carbocycles. The first-order valence-corrected chi connectivity index (χ1v) is 7.50. The van der Waals surface area contributed by atoms with E-state index in [2.05, 4.69) is 0 Å². The molecular weight excluding hydrogens is 302 g/mol. The van der Waals surface area contributed by atoms with Crippen molar-refractivity contribution in [2.24, 2.45) is 0 Å². The molecule has 7 heteroatoms. The zero-order valence-electron chi connectivity index (χ0n) is 14.2. The van der Waals surface area contributed by atoms with Gasteiger partial charge in [0.05, 0.1) is 24.2 Å². The van der Waals surface area contributed by atoms with E-state index in [1.54, 1.807) is 20.8 Å². The van der Waals surface area contributed by atoms with E-state index in [1.165, 1.54) is 26.0 Å². The lowest BCUT2D eigenvalue weighted by Gasteiger charge is -2.38. The molecular formula is C16H24BFO5. The average molecular weight is 326 g/mol. The van der Waals surface area contributed by atoms with Crippen LogP contribution in [0.25, 0.3) is 0 Å². The van der Waals surface area contributed by atoms with E-state index in [1.807, 2.05) is 0 Å². The van der Waals surface area contributed by atoms with Crippen LogP contribution in [-0.2, 0) is 20.6 Å². The lowest BCUT2D eigenvalue weighted by atomic mass is 9.75. The third kappa shape index (κ3) is 5.30. The summed E-state index contributed by atoms with van der Waals surface area (Å²) in [5, 5.41) is 20.2. The first-order chi connectivity index (χ1) is 10.5. The molecule has 1 aromatic carbocycles. The van der Waals surface area contributed by atoms with Gasteiger partial charge in [0, 0.05) is 5.46 Å². The van der Waals surface area contributed by atoms with Gasteiger partial charge in [0.1, 0.15) is 5.82 Å². The van der Waals surface area contributed by atoms with Gasteiger partial charge in [-0.05, 0) is 46.2 Å². The number of rotatable bonds is 7. The molecule has 1 rings (SSSR count). The summed E-state index contributed by atoms with van der Waals surface area (Å²) in [5.41, 5.74) is -1.95. The Hall–Kier alpha value is -1.44. The van der Waals surface area contributed by atoms with Crippen LogP contribution >= 0.6 is 0 Å². The summed E-state index contributed by atoms with van der Waals surface area (Å²) in [4.78, 5) is 11.5. The topological polar surface area (TPSA) is 76.0 Å². The number of aliphatic hydroxyl groups is 1. The Kier molecular flexibility index (Phi) is 6.33. The Morgan fingerprint density at radius 3 is 2.43 bits per heavy atom. The van der Waals surface area contributed by atoms with Gasteiger partial charge in [-0.1, -0.05) is 12.1 Å². The molecule has 0 spiro atoms. The molecule has 0 amide bonds. The van der Waals surface area contributed by atoms with Crippen LogP contribution in [0.2, 0.25) is 0 Å². The van der Waals surface area contributed by atoms with Crippen LogP contribution in [0.5, 0.6) is 0 Å². The summed E-state index contributed by atoms with van der Waals surface area (Å²) in [6.45, 7) is 8.22. The molecule has 0 radical (unpaired) electrons. The molecule has 0 bridgehead atoms. The van der Waals surface area contributed by atoms with E-state index < -0.39 is 30.1 Å². The molecule has 1 aromatic rings. The van der Waals surface area contributed by atoms with Crippen molar-refractivity contribution in [2.75, 3.05) is 6.61 Å². The van der Waals surface area contributed by atoms with Crippen molar-refractivity contribution < 1.29 is 28.7 Å². The first-order valence-electron chi connectivity index (χ1n) is 7.50. The highest BCUT2D eigenvalue weighted by atomic mass is 19.1. The zero-order valence-corrected chi connectivity index (χ0v) is 14.2. The van der Waals surface area contributed by atoms with Crippen LogP contribution in [0, 0.1) is 5.82 Å². The molecule has 0 unspecified atom stereocenters. The molecule has 128 valence electrons. The monoisotopic (exact) mass is 326 g/mol. The third-order valence-corrected chi connectivity index (χ3v) is 3.86. The molecule has 0 aliphatic heterocycles. The fourth-order valence-electron chi connectivity index (χ4n) is 1.76. The van der Waals surface area contributed by atoms with Crippen molar-refractivity contribution in [1.82, 2.24) is 0 Å². The normalized spacial score (nSPS) is 12.2. The average Bonchev–Trinajstić information content (AvgIpc) is 2.39. The Bertz CT molecular complexity index is 554. The maximum Gasteiger partial charge on any atom is 0.494 e. The smallest absolute Gasteiger partial charge is 0.466 e. The minimum atomic E-state index is -1.57. The van der Waals surface area contributed by atoms with Crippen LogP contribution in [0.4, 0.5) is 4.39 Å². The van der Waals surface area contributed by atoms with Gasteiger partial charge in [0.25, 0.3) is 0 Å². The molecule has 0 heterocycles. The van der Waals surface area contributed by atoms with Crippen molar-refractivity contribution in [3.63, 3.8) is 0 Å². The van der Waals surface area contributed by atoms with Gasteiger partial charge < -0.3 is 19.5 Å². The second kappa shape index (κ2) is 7.42. The maximum atomic E-state index is 14.0.